The second-order valence-corrected chi connectivity index (χ2v) is 2.57. The van der Waals surface area contributed by atoms with E-state index in [9.17, 15) is 22.0 Å². The lowest BCUT2D eigenvalue weighted by molar-refractivity contribution is 0.0845. The minimum atomic E-state index is -2.17. The van der Waals surface area contributed by atoms with Crippen molar-refractivity contribution in [3.05, 3.63) is 34.6 Å². The van der Waals surface area contributed by atoms with Crippen molar-refractivity contribution in [1.29, 1.82) is 0 Å². The van der Waals surface area contributed by atoms with Gasteiger partial charge < -0.3 is 4.84 Å². The number of halogens is 5. The molecule has 0 atom stereocenters. The highest BCUT2D eigenvalue weighted by atomic mass is 19.2. The molecule has 2 nitrogen and oxygen atoms in total. The van der Waals surface area contributed by atoms with Gasteiger partial charge in [-0.3, -0.25) is 0 Å². The zero-order valence-corrected chi connectivity index (χ0v) is 7.51. The summed E-state index contributed by atoms with van der Waals surface area (Å²) in [5, 5.41) is 0. The van der Waals surface area contributed by atoms with E-state index >= 15 is 0 Å². The zero-order valence-electron chi connectivity index (χ0n) is 7.51. The van der Waals surface area contributed by atoms with Crippen molar-refractivity contribution in [2.75, 3.05) is 7.11 Å². The molecule has 0 aliphatic carbocycles. The third-order valence-corrected chi connectivity index (χ3v) is 1.69. The van der Waals surface area contributed by atoms with Gasteiger partial charge in [-0.05, 0) is 0 Å². The van der Waals surface area contributed by atoms with E-state index in [1.54, 1.807) is 0 Å². The maximum absolute atomic E-state index is 12.9. The molecule has 0 saturated carbocycles. The molecule has 0 heterocycles. The highest BCUT2D eigenvalue weighted by molar-refractivity contribution is 5.23. The molecule has 0 radical (unpaired) electrons. The Morgan fingerprint density at radius 3 is 1.67 bits per heavy atom. The summed E-state index contributed by atoms with van der Waals surface area (Å²) < 4.78 is 63.6. The summed E-state index contributed by atoms with van der Waals surface area (Å²) in [5.74, 6) is -9.85. The minimum absolute atomic E-state index is 0.623. The Labute approximate surface area is 81.6 Å². The molecule has 1 aromatic rings. The van der Waals surface area contributed by atoms with Crippen LogP contribution in [0.2, 0.25) is 0 Å². The lowest BCUT2D eigenvalue weighted by atomic mass is 10.1. The predicted octanol–water partition coefficient (Wildman–Crippen LogP) is 2.03. The summed E-state index contributed by atoms with van der Waals surface area (Å²) in [4.78, 5) is 4.24. The quantitative estimate of drug-likeness (QED) is 0.369. The Kier molecular flexibility index (Phi) is 3.59. The molecule has 7 heteroatoms. The summed E-state index contributed by atoms with van der Waals surface area (Å²) in [7, 11) is 1.14. The Bertz CT molecular complexity index is 353. The number of rotatable bonds is 3. The van der Waals surface area contributed by atoms with Crippen molar-refractivity contribution >= 4 is 0 Å². The Morgan fingerprint density at radius 2 is 1.27 bits per heavy atom. The highest BCUT2D eigenvalue weighted by Crippen LogP contribution is 2.22. The first-order valence-electron chi connectivity index (χ1n) is 3.76. The first-order valence-corrected chi connectivity index (χ1v) is 3.76. The zero-order chi connectivity index (χ0) is 11.6. The molecule has 0 saturated heterocycles. The van der Waals surface area contributed by atoms with E-state index in [-0.39, 0.29) is 0 Å². The van der Waals surface area contributed by atoms with E-state index < -0.39 is 41.2 Å². The van der Waals surface area contributed by atoms with Crippen LogP contribution in [0.1, 0.15) is 5.56 Å². The van der Waals surface area contributed by atoms with Crippen LogP contribution in [0.25, 0.3) is 0 Å². The maximum Gasteiger partial charge on any atom is 0.200 e. The number of benzene rings is 1. The molecule has 1 rings (SSSR count). The second kappa shape index (κ2) is 4.54. The van der Waals surface area contributed by atoms with Gasteiger partial charge in [0.15, 0.2) is 23.3 Å². The molecular weight excluding hydrogens is 221 g/mol. The van der Waals surface area contributed by atoms with E-state index in [0.29, 0.717) is 0 Å². The van der Waals surface area contributed by atoms with Gasteiger partial charge in [-0.2, -0.15) is 5.48 Å². The molecule has 1 aromatic carbocycles. The van der Waals surface area contributed by atoms with Crippen molar-refractivity contribution < 1.29 is 26.8 Å². The van der Waals surface area contributed by atoms with Crippen LogP contribution in [0.15, 0.2) is 0 Å². The summed E-state index contributed by atoms with van der Waals surface area (Å²) in [5.41, 5.74) is 1.02. The Hall–Kier alpha value is -1.21. The molecule has 15 heavy (non-hydrogen) atoms. The number of nitrogens with one attached hydrogen (secondary N) is 1. The van der Waals surface area contributed by atoms with Crippen molar-refractivity contribution in [2.24, 2.45) is 0 Å². The average Bonchev–Trinajstić information content (AvgIpc) is 2.24. The van der Waals surface area contributed by atoms with E-state index in [1.165, 1.54) is 0 Å². The van der Waals surface area contributed by atoms with Crippen LogP contribution >= 0.6 is 0 Å². The van der Waals surface area contributed by atoms with Gasteiger partial charge in [0.25, 0.3) is 0 Å². The normalized spacial score (nSPS) is 10.8. The van der Waals surface area contributed by atoms with Crippen LogP contribution in [0.3, 0.4) is 0 Å². The smallest absolute Gasteiger partial charge is 0.200 e. The van der Waals surface area contributed by atoms with E-state index in [0.717, 1.165) is 7.11 Å². The first kappa shape index (κ1) is 11.9. The van der Waals surface area contributed by atoms with E-state index in [4.69, 9.17) is 0 Å². The number of hydrogen-bond acceptors (Lipinski definition) is 2. The molecule has 0 fully saturated rings. The summed E-state index contributed by atoms with van der Waals surface area (Å²) in [6.07, 6.45) is 0. The molecule has 84 valence electrons. The van der Waals surface area contributed by atoms with Crippen molar-refractivity contribution in [1.82, 2.24) is 5.48 Å². The second-order valence-electron chi connectivity index (χ2n) is 2.57. The Balaban J connectivity index is 3.26. The first-order chi connectivity index (χ1) is 7.00. The average molecular weight is 227 g/mol. The third-order valence-electron chi connectivity index (χ3n) is 1.69. The summed E-state index contributed by atoms with van der Waals surface area (Å²) in [6.45, 7) is -0.623. The molecule has 0 amide bonds. The van der Waals surface area contributed by atoms with Crippen LogP contribution in [0, 0.1) is 29.1 Å². The van der Waals surface area contributed by atoms with Crippen LogP contribution in [-0.4, -0.2) is 7.11 Å². The summed E-state index contributed by atoms with van der Waals surface area (Å²) >= 11 is 0. The van der Waals surface area contributed by atoms with Crippen LogP contribution in [0.4, 0.5) is 22.0 Å². The monoisotopic (exact) mass is 227 g/mol. The molecule has 1 N–H and O–H groups in total. The van der Waals surface area contributed by atoms with Gasteiger partial charge in [0.05, 0.1) is 13.7 Å². The largest absolute Gasteiger partial charge is 0.305 e. The fourth-order valence-electron chi connectivity index (χ4n) is 0.950. The van der Waals surface area contributed by atoms with Crippen molar-refractivity contribution in [2.45, 2.75) is 6.54 Å². The van der Waals surface area contributed by atoms with Crippen LogP contribution in [-0.2, 0) is 11.4 Å². The Morgan fingerprint density at radius 1 is 0.867 bits per heavy atom. The molecule has 0 aromatic heterocycles. The van der Waals surface area contributed by atoms with Gasteiger partial charge in [0, 0.05) is 5.56 Å². The standard InChI is InChI=1S/C8H6F5NO/c1-15-14-2-3-4(9)6(11)8(13)7(12)5(3)10/h14H,2H2,1H3. The van der Waals surface area contributed by atoms with Crippen molar-refractivity contribution in [3.8, 4) is 0 Å². The number of hydrogen-bond donors (Lipinski definition) is 1. The molecular formula is C8H6F5NO. The van der Waals surface area contributed by atoms with Crippen LogP contribution in [0.5, 0.6) is 0 Å². The van der Waals surface area contributed by atoms with Gasteiger partial charge in [-0.15, -0.1) is 0 Å². The van der Waals surface area contributed by atoms with Gasteiger partial charge in [-0.25, -0.2) is 22.0 Å². The van der Waals surface area contributed by atoms with E-state index in [1.807, 2.05) is 5.48 Å². The molecule has 0 aliphatic heterocycles. The van der Waals surface area contributed by atoms with Gasteiger partial charge in [0.2, 0.25) is 5.82 Å². The predicted molar refractivity (Wildman–Crippen MR) is 40.1 cm³/mol. The van der Waals surface area contributed by atoms with Gasteiger partial charge in [-0.1, -0.05) is 0 Å². The number of hydroxylamine groups is 1. The summed E-state index contributed by atoms with van der Waals surface area (Å²) in [6, 6.07) is 0. The third kappa shape index (κ3) is 2.07. The lowest BCUT2D eigenvalue weighted by Crippen LogP contribution is -2.16. The fraction of sp³-hybridized carbons (Fsp3) is 0.250. The molecule has 0 bridgehead atoms. The minimum Gasteiger partial charge on any atom is -0.305 e. The molecule has 0 spiro atoms. The lowest BCUT2D eigenvalue weighted by Gasteiger charge is -2.07. The van der Waals surface area contributed by atoms with Gasteiger partial charge >= 0.3 is 0 Å². The van der Waals surface area contributed by atoms with Crippen LogP contribution < -0.4 is 5.48 Å². The highest BCUT2D eigenvalue weighted by Gasteiger charge is 2.25. The topological polar surface area (TPSA) is 21.3 Å². The van der Waals surface area contributed by atoms with E-state index in [2.05, 4.69) is 4.84 Å². The molecule has 0 aliphatic rings. The SMILES string of the molecule is CONCc1c(F)c(F)c(F)c(F)c1F. The van der Waals surface area contributed by atoms with Crippen molar-refractivity contribution in [3.63, 3.8) is 0 Å². The van der Waals surface area contributed by atoms with Gasteiger partial charge in [0.1, 0.15) is 0 Å². The molecule has 0 unspecified atom stereocenters. The fourth-order valence-corrected chi connectivity index (χ4v) is 0.950. The maximum atomic E-state index is 12.9.